The van der Waals surface area contributed by atoms with Crippen LogP contribution in [0.15, 0.2) is 58.6 Å². The average molecular weight is 480 g/mol. The molecule has 170 valence electrons. The highest BCUT2D eigenvalue weighted by molar-refractivity contribution is 8.00. The Balaban J connectivity index is 1.33. The molecule has 2 aromatic heterocycles. The summed E-state index contributed by atoms with van der Waals surface area (Å²) in [4.78, 5) is 31.4. The molecule has 2 aliphatic carbocycles. The number of thiazole rings is 1. The Morgan fingerprint density at radius 1 is 1.21 bits per heavy atom. The normalized spacial score (nSPS) is 27.1. The second-order valence-electron chi connectivity index (χ2n) is 9.16. The van der Waals surface area contributed by atoms with Crippen LogP contribution in [0, 0.1) is 17.8 Å². The SMILES string of the molecule is COc1ccc(NC(=O)Cn2c3c(sc2=O)[C@@H](c2cccnc2)C2C4CCC(C4)C2S3)cc1. The maximum Gasteiger partial charge on any atom is 0.308 e. The van der Waals surface area contributed by atoms with Crippen molar-refractivity contribution in [3.8, 4) is 5.75 Å². The Morgan fingerprint density at radius 3 is 2.79 bits per heavy atom. The van der Waals surface area contributed by atoms with Crippen LogP contribution < -0.4 is 14.9 Å². The van der Waals surface area contributed by atoms with E-state index in [1.165, 1.54) is 36.2 Å². The molecule has 2 saturated carbocycles. The van der Waals surface area contributed by atoms with Crippen molar-refractivity contribution in [3.05, 3.63) is 68.9 Å². The molecule has 3 aromatic rings. The van der Waals surface area contributed by atoms with Crippen LogP contribution in [0.2, 0.25) is 0 Å². The number of hydrogen-bond donors (Lipinski definition) is 1. The van der Waals surface area contributed by atoms with Crippen LogP contribution in [0.3, 0.4) is 0 Å². The molecule has 0 saturated heterocycles. The summed E-state index contributed by atoms with van der Waals surface area (Å²) >= 11 is 3.16. The fourth-order valence-corrected chi connectivity index (χ4v) is 9.19. The van der Waals surface area contributed by atoms with Crippen LogP contribution in [0.4, 0.5) is 5.69 Å². The van der Waals surface area contributed by atoms with Gasteiger partial charge in [-0.05, 0) is 72.9 Å². The van der Waals surface area contributed by atoms with Crippen molar-refractivity contribution >= 4 is 34.7 Å². The lowest BCUT2D eigenvalue weighted by Gasteiger charge is -2.40. The first kappa shape index (κ1) is 21.0. The molecule has 1 aromatic carbocycles. The minimum Gasteiger partial charge on any atom is -0.497 e. The van der Waals surface area contributed by atoms with Gasteiger partial charge in [0.15, 0.2) is 0 Å². The second kappa shape index (κ2) is 8.33. The van der Waals surface area contributed by atoms with Crippen LogP contribution >= 0.6 is 23.1 Å². The van der Waals surface area contributed by atoms with Crippen LogP contribution in [-0.2, 0) is 11.3 Å². The van der Waals surface area contributed by atoms with Crippen molar-refractivity contribution in [3.63, 3.8) is 0 Å². The molecule has 33 heavy (non-hydrogen) atoms. The molecule has 5 atom stereocenters. The molecule has 8 heteroatoms. The number of anilines is 1. The Hall–Kier alpha value is -2.58. The molecule has 6 rings (SSSR count). The van der Waals surface area contributed by atoms with Gasteiger partial charge in [0.1, 0.15) is 12.3 Å². The van der Waals surface area contributed by atoms with E-state index in [2.05, 4.69) is 16.4 Å². The minimum absolute atomic E-state index is 0.0228. The van der Waals surface area contributed by atoms with Crippen molar-refractivity contribution in [2.45, 2.75) is 42.0 Å². The van der Waals surface area contributed by atoms with E-state index in [9.17, 15) is 9.59 Å². The van der Waals surface area contributed by atoms with Crippen molar-refractivity contribution in [1.29, 1.82) is 0 Å². The highest BCUT2D eigenvalue weighted by Crippen LogP contribution is 2.63. The average Bonchev–Trinajstić information content (AvgIpc) is 3.53. The predicted octanol–water partition coefficient (Wildman–Crippen LogP) is 4.60. The molecular formula is C25H25N3O3S2. The van der Waals surface area contributed by atoms with Gasteiger partial charge in [0.05, 0.1) is 12.1 Å². The molecule has 1 N–H and O–H groups in total. The zero-order valence-electron chi connectivity index (χ0n) is 18.3. The van der Waals surface area contributed by atoms with Crippen molar-refractivity contribution < 1.29 is 9.53 Å². The van der Waals surface area contributed by atoms with Crippen LogP contribution in [-0.4, -0.2) is 27.8 Å². The lowest BCUT2D eigenvalue weighted by atomic mass is 9.75. The number of ether oxygens (including phenoxy) is 1. The van der Waals surface area contributed by atoms with Gasteiger partial charge in [0.25, 0.3) is 0 Å². The number of nitrogens with one attached hydrogen (secondary N) is 1. The second-order valence-corrected chi connectivity index (χ2v) is 11.3. The molecule has 1 aliphatic heterocycles. The third-order valence-corrected chi connectivity index (χ3v) is 10.2. The summed E-state index contributed by atoms with van der Waals surface area (Å²) in [6.07, 6.45) is 7.62. The topological polar surface area (TPSA) is 73.2 Å². The van der Waals surface area contributed by atoms with Gasteiger partial charge in [-0.15, -0.1) is 11.8 Å². The van der Waals surface area contributed by atoms with E-state index in [1.54, 1.807) is 42.1 Å². The number of rotatable bonds is 5. The summed E-state index contributed by atoms with van der Waals surface area (Å²) < 4.78 is 6.86. The number of carbonyl (C=O) groups is 1. The van der Waals surface area contributed by atoms with Gasteiger partial charge in [0.2, 0.25) is 5.91 Å². The lowest BCUT2D eigenvalue weighted by Crippen LogP contribution is -2.34. The first-order valence-electron chi connectivity index (χ1n) is 11.4. The summed E-state index contributed by atoms with van der Waals surface area (Å²) in [7, 11) is 1.61. The molecule has 3 heterocycles. The van der Waals surface area contributed by atoms with E-state index in [0.717, 1.165) is 21.6 Å². The third-order valence-electron chi connectivity index (χ3n) is 7.41. The number of pyridine rings is 1. The quantitative estimate of drug-likeness (QED) is 0.579. The van der Waals surface area contributed by atoms with Gasteiger partial charge >= 0.3 is 4.87 Å². The molecule has 3 aliphatic rings. The van der Waals surface area contributed by atoms with E-state index >= 15 is 0 Å². The lowest BCUT2D eigenvalue weighted by molar-refractivity contribution is -0.116. The summed E-state index contributed by atoms with van der Waals surface area (Å²) in [5, 5.41) is 4.40. The fraction of sp³-hybridized carbons (Fsp3) is 0.400. The number of thioether (sulfide) groups is 1. The van der Waals surface area contributed by atoms with E-state index < -0.39 is 0 Å². The predicted molar refractivity (Wildman–Crippen MR) is 130 cm³/mol. The number of amides is 1. The number of nitrogens with zero attached hydrogens (tertiary/aromatic N) is 2. The van der Waals surface area contributed by atoms with E-state index in [-0.39, 0.29) is 23.2 Å². The molecule has 2 bridgehead atoms. The van der Waals surface area contributed by atoms with Gasteiger partial charge in [-0.1, -0.05) is 17.4 Å². The fourth-order valence-electron chi connectivity index (χ4n) is 6.04. The van der Waals surface area contributed by atoms with E-state index in [0.29, 0.717) is 22.8 Å². The van der Waals surface area contributed by atoms with E-state index in [4.69, 9.17) is 4.74 Å². The zero-order valence-corrected chi connectivity index (χ0v) is 19.9. The Labute approximate surface area is 200 Å². The van der Waals surface area contributed by atoms with Crippen molar-refractivity contribution in [1.82, 2.24) is 9.55 Å². The monoisotopic (exact) mass is 479 g/mol. The Bertz CT molecular complexity index is 1240. The molecule has 0 radical (unpaired) electrons. The number of hydrogen-bond acceptors (Lipinski definition) is 6. The summed E-state index contributed by atoms with van der Waals surface area (Å²) in [6.45, 7) is 0.0228. The highest BCUT2D eigenvalue weighted by atomic mass is 32.2. The van der Waals surface area contributed by atoms with Crippen LogP contribution in [0.25, 0.3) is 0 Å². The summed E-state index contributed by atoms with van der Waals surface area (Å²) in [5.74, 6) is 2.69. The minimum atomic E-state index is -0.198. The summed E-state index contributed by atoms with van der Waals surface area (Å²) in [6, 6.07) is 11.3. The zero-order chi connectivity index (χ0) is 22.5. The maximum absolute atomic E-state index is 13.1. The summed E-state index contributed by atoms with van der Waals surface area (Å²) in [5.41, 5.74) is 1.88. The molecule has 4 unspecified atom stereocenters. The molecule has 0 spiro atoms. The largest absolute Gasteiger partial charge is 0.497 e. The molecular weight excluding hydrogens is 454 g/mol. The first-order chi connectivity index (χ1) is 16.1. The highest BCUT2D eigenvalue weighted by Gasteiger charge is 2.55. The van der Waals surface area contributed by atoms with Gasteiger partial charge in [-0.2, -0.15) is 0 Å². The Morgan fingerprint density at radius 2 is 2.03 bits per heavy atom. The number of aromatic nitrogens is 2. The Kier molecular flexibility index (Phi) is 5.30. The third kappa shape index (κ3) is 3.60. The molecule has 2 fully saturated rings. The smallest absolute Gasteiger partial charge is 0.308 e. The van der Waals surface area contributed by atoms with Gasteiger partial charge < -0.3 is 10.1 Å². The number of fused-ring (bicyclic) bond motifs is 6. The standard InChI is InChI=1S/C25H25N3O3S2/c1-31-18-8-6-17(7-9-18)27-19(29)13-28-24-23(33-25(28)30)21(16-3-2-10-26-12-16)20-14-4-5-15(11-14)22(20)32-24/h2-3,6-10,12,14-15,20-22H,4-5,11,13H2,1H3,(H,27,29)/t14?,15?,20?,21-,22?/m0/s1. The first-order valence-corrected chi connectivity index (χ1v) is 13.1. The van der Waals surface area contributed by atoms with E-state index in [1.807, 2.05) is 24.0 Å². The van der Waals surface area contributed by atoms with Gasteiger partial charge in [-0.3, -0.25) is 19.1 Å². The molecule has 6 nitrogen and oxygen atoms in total. The van der Waals surface area contributed by atoms with Gasteiger partial charge in [-0.25, -0.2) is 0 Å². The van der Waals surface area contributed by atoms with Crippen LogP contribution in [0.1, 0.15) is 35.6 Å². The maximum atomic E-state index is 13.1. The number of carbonyl (C=O) groups excluding carboxylic acids is 1. The van der Waals surface area contributed by atoms with Crippen molar-refractivity contribution in [2.24, 2.45) is 17.8 Å². The van der Waals surface area contributed by atoms with Crippen LogP contribution in [0.5, 0.6) is 5.75 Å². The molecule has 1 amide bonds. The van der Waals surface area contributed by atoms with Gasteiger partial charge in [0, 0.05) is 34.1 Å². The number of methoxy groups -OCH3 is 1. The van der Waals surface area contributed by atoms with Crippen molar-refractivity contribution in [2.75, 3.05) is 12.4 Å². The number of benzene rings is 1.